The highest BCUT2D eigenvalue weighted by Crippen LogP contribution is 2.51. The molecule has 0 bridgehead atoms. The van der Waals surface area contributed by atoms with Gasteiger partial charge in [-0.15, -0.1) is 0 Å². The van der Waals surface area contributed by atoms with Crippen LogP contribution in [0.25, 0.3) is 10.8 Å². The van der Waals surface area contributed by atoms with E-state index < -0.39 is 6.10 Å². The lowest BCUT2D eigenvalue weighted by Gasteiger charge is -2.34. The lowest BCUT2D eigenvalue weighted by molar-refractivity contribution is 0.0313. The van der Waals surface area contributed by atoms with Crippen LogP contribution in [0.4, 0.5) is 0 Å². The van der Waals surface area contributed by atoms with Gasteiger partial charge >= 0.3 is 0 Å². The summed E-state index contributed by atoms with van der Waals surface area (Å²) >= 11 is 0. The SMILES string of the molecule is CCC1CCC(CN)(C(O)c2cccc3ccccc23)C1. The molecule has 1 aliphatic rings. The quantitative estimate of drug-likeness (QED) is 0.890. The molecule has 1 aliphatic carbocycles. The monoisotopic (exact) mass is 283 g/mol. The fraction of sp³-hybridized carbons (Fsp3) is 0.474. The Labute approximate surface area is 127 Å². The molecule has 2 nitrogen and oxygen atoms in total. The molecule has 2 aromatic carbocycles. The zero-order valence-electron chi connectivity index (χ0n) is 12.8. The highest BCUT2D eigenvalue weighted by molar-refractivity contribution is 5.86. The van der Waals surface area contributed by atoms with Crippen LogP contribution in [0.15, 0.2) is 42.5 Å². The van der Waals surface area contributed by atoms with Gasteiger partial charge in [-0.05, 0) is 41.5 Å². The van der Waals surface area contributed by atoms with Crippen molar-refractivity contribution in [1.29, 1.82) is 0 Å². The van der Waals surface area contributed by atoms with Gasteiger partial charge in [-0.1, -0.05) is 55.8 Å². The second-order valence-electron chi connectivity index (χ2n) is 6.55. The average molecular weight is 283 g/mol. The van der Waals surface area contributed by atoms with E-state index in [0.29, 0.717) is 12.5 Å². The van der Waals surface area contributed by atoms with E-state index >= 15 is 0 Å². The first-order valence-electron chi connectivity index (χ1n) is 8.06. The normalized spacial score (nSPS) is 27.1. The Morgan fingerprint density at radius 3 is 2.71 bits per heavy atom. The Kier molecular flexibility index (Phi) is 4.01. The molecule has 3 N–H and O–H groups in total. The van der Waals surface area contributed by atoms with Gasteiger partial charge in [-0.25, -0.2) is 0 Å². The van der Waals surface area contributed by atoms with Gasteiger partial charge < -0.3 is 10.8 Å². The first kappa shape index (κ1) is 14.6. The standard InChI is InChI=1S/C19H25NO/c1-2-14-10-11-19(12-14,13-20)18(21)17-9-5-7-15-6-3-4-8-16(15)17/h3-9,14,18,21H,2,10-13,20H2,1H3. The first-order valence-corrected chi connectivity index (χ1v) is 8.06. The predicted molar refractivity (Wildman–Crippen MR) is 88.0 cm³/mol. The molecule has 0 spiro atoms. The van der Waals surface area contributed by atoms with Crippen LogP contribution in [0.1, 0.15) is 44.3 Å². The van der Waals surface area contributed by atoms with Crippen molar-refractivity contribution in [1.82, 2.24) is 0 Å². The van der Waals surface area contributed by atoms with Crippen molar-refractivity contribution in [2.24, 2.45) is 17.1 Å². The second kappa shape index (κ2) is 5.78. The Morgan fingerprint density at radius 2 is 2.00 bits per heavy atom. The Morgan fingerprint density at radius 1 is 1.24 bits per heavy atom. The third-order valence-electron chi connectivity index (χ3n) is 5.43. The minimum atomic E-state index is -0.467. The van der Waals surface area contributed by atoms with Gasteiger partial charge in [0, 0.05) is 12.0 Å². The lowest BCUT2D eigenvalue weighted by Crippen LogP contribution is -2.34. The van der Waals surface area contributed by atoms with Crippen LogP contribution in [0.2, 0.25) is 0 Å². The summed E-state index contributed by atoms with van der Waals surface area (Å²) in [4.78, 5) is 0. The van der Waals surface area contributed by atoms with Gasteiger partial charge in [-0.3, -0.25) is 0 Å². The molecule has 3 atom stereocenters. The Hall–Kier alpha value is -1.38. The van der Waals surface area contributed by atoms with E-state index in [4.69, 9.17) is 5.73 Å². The van der Waals surface area contributed by atoms with E-state index in [0.717, 1.165) is 23.8 Å². The minimum Gasteiger partial charge on any atom is -0.388 e. The molecule has 2 aromatic rings. The number of fused-ring (bicyclic) bond motifs is 1. The van der Waals surface area contributed by atoms with Crippen molar-refractivity contribution in [2.45, 2.75) is 38.7 Å². The Bertz CT molecular complexity index is 618. The molecule has 21 heavy (non-hydrogen) atoms. The van der Waals surface area contributed by atoms with Gasteiger partial charge in [0.15, 0.2) is 0 Å². The molecule has 3 unspecified atom stereocenters. The topological polar surface area (TPSA) is 46.2 Å². The van der Waals surface area contributed by atoms with Crippen LogP contribution in [0.3, 0.4) is 0 Å². The van der Waals surface area contributed by atoms with Gasteiger partial charge in [0.05, 0.1) is 6.10 Å². The zero-order chi connectivity index (χ0) is 14.9. The summed E-state index contributed by atoms with van der Waals surface area (Å²) in [5, 5.41) is 13.4. The number of rotatable bonds is 4. The molecule has 3 rings (SSSR count). The van der Waals surface area contributed by atoms with E-state index in [1.165, 1.54) is 18.2 Å². The second-order valence-corrected chi connectivity index (χ2v) is 6.55. The average Bonchev–Trinajstić information content (AvgIpc) is 2.98. The van der Waals surface area contributed by atoms with E-state index in [-0.39, 0.29) is 5.41 Å². The van der Waals surface area contributed by atoms with Gasteiger partial charge in [0.1, 0.15) is 0 Å². The van der Waals surface area contributed by atoms with Crippen LogP contribution in [-0.2, 0) is 0 Å². The molecule has 112 valence electrons. The summed E-state index contributed by atoms with van der Waals surface area (Å²) in [5.41, 5.74) is 7.00. The molecule has 2 heteroatoms. The molecule has 1 fully saturated rings. The predicted octanol–water partition coefficient (Wildman–Crippen LogP) is 4.03. The van der Waals surface area contributed by atoms with Crippen LogP contribution in [-0.4, -0.2) is 11.7 Å². The number of benzene rings is 2. The molecule has 0 aliphatic heterocycles. The van der Waals surface area contributed by atoms with E-state index in [1.807, 2.05) is 18.2 Å². The van der Waals surface area contributed by atoms with Gasteiger partial charge in [0.2, 0.25) is 0 Å². The molecular weight excluding hydrogens is 258 g/mol. The number of aliphatic hydroxyl groups excluding tert-OH is 1. The maximum absolute atomic E-state index is 11.1. The minimum absolute atomic E-state index is 0.148. The van der Waals surface area contributed by atoms with Crippen molar-refractivity contribution < 1.29 is 5.11 Å². The number of nitrogens with two attached hydrogens (primary N) is 1. The van der Waals surface area contributed by atoms with Crippen molar-refractivity contribution in [3.63, 3.8) is 0 Å². The first-order chi connectivity index (χ1) is 10.2. The summed E-state index contributed by atoms with van der Waals surface area (Å²) in [5.74, 6) is 0.707. The molecule has 0 saturated heterocycles. The fourth-order valence-electron chi connectivity index (χ4n) is 3.98. The summed E-state index contributed by atoms with van der Waals surface area (Å²) in [6.07, 6.45) is 3.99. The van der Waals surface area contributed by atoms with Crippen molar-refractivity contribution >= 4 is 10.8 Å². The van der Waals surface area contributed by atoms with Gasteiger partial charge in [0.25, 0.3) is 0 Å². The highest BCUT2D eigenvalue weighted by atomic mass is 16.3. The summed E-state index contributed by atoms with van der Waals surface area (Å²) in [7, 11) is 0. The van der Waals surface area contributed by atoms with E-state index in [2.05, 4.69) is 31.2 Å². The third kappa shape index (κ3) is 2.47. The molecule has 0 radical (unpaired) electrons. The molecule has 0 aromatic heterocycles. The maximum Gasteiger partial charge on any atom is 0.0864 e. The van der Waals surface area contributed by atoms with Crippen LogP contribution < -0.4 is 5.73 Å². The van der Waals surface area contributed by atoms with E-state index in [1.54, 1.807) is 0 Å². The van der Waals surface area contributed by atoms with Crippen molar-refractivity contribution in [3.8, 4) is 0 Å². The number of hydrogen-bond acceptors (Lipinski definition) is 2. The largest absolute Gasteiger partial charge is 0.388 e. The lowest BCUT2D eigenvalue weighted by atomic mass is 9.75. The third-order valence-corrected chi connectivity index (χ3v) is 5.43. The number of hydrogen-bond donors (Lipinski definition) is 2. The highest BCUT2D eigenvalue weighted by Gasteiger charge is 2.43. The Balaban J connectivity index is 2.01. The maximum atomic E-state index is 11.1. The molecule has 0 amide bonds. The van der Waals surface area contributed by atoms with Crippen molar-refractivity contribution in [2.75, 3.05) is 6.54 Å². The summed E-state index contributed by atoms with van der Waals surface area (Å²) < 4.78 is 0. The van der Waals surface area contributed by atoms with Gasteiger partial charge in [-0.2, -0.15) is 0 Å². The van der Waals surface area contributed by atoms with Crippen LogP contribution >= 0.6 is 0 Å². The van der Waals surface area contributed by atoms with Crippen LogP contribution in [0, 0.1) is 11.3 Å². The number of aliphatic hydroxyl groups is 1. The summed E-state index contributed by atoms with van der Waals surface area (Å²) in [6, 6.07) is 14.5. The molecular formula is C19H25NO. The molecule has 1 saturated carbocycles. The van der Waals surface area contributed by atoms with E-state index in [9.17, 15) is 5.11 Å². The zero-order valence-corrected chi connectivity index (χ0v) is 12.8. The molecule has 0 heterocycles. The fourth-order valence-corrected chi connectivity index (χ4v) is 3.98. The summed E-state index contributed by atoms with van der Waals surface area (Å²) in [6.45, 7) is 2.80. The van der Waals surface area contributed by atoms with Crippen LogP contribution in [0.5, 0.6) is 0 Å². The van der Waals surface area contributed by atoms with Crippen molar-refractivity contribution in [3.05, 3.63) is 48.0 Å². The smallest absolute Gasteiger partial charge is 0.0864 e.